The number of esters is 1. The molecule has 1 N–H and O–H groups in total. The Labute approximate surface area is 169 Å². The number of carbonyl (C=O) groups excluding carboxylic acids is 2. The van der Waals surface area contributed by atoms with E-state index < -0.39 is 5.97 Å². The van der Waals surface area contributed by atoms with Crippen LogP contribution in [-0.4, -0.2) is 32.2 Å². The Balaban J connectivity index is 1.79. The lowest BCUT2D eigenvalue weighted by Gasteiger charge is -2.09. The molecule has 0 saturated heterocycles. The molecule has 0 bridgehead atoms. The number of halogens is 1. The van der Waals surface area contributed by atoms with Crippen LogP contribution in [0.3, 0.4) is 0 Å². The van der Waals surface area contributed by atoms with Crippen molar-refractivity contribution in [3.63, 3.8) is 0 Å². The van der Waals surface area contributed by atoms with E-state index in [4.69, 9.17) is 25.8 Å². The zero-order valence-electron chi connectivity index (χ0n) is 15.7. The fraction of sp³-hybridized carbons (Fsp3) is 0.238. The third kappa shape index (κ3) is 6.96. The first-order valence-electron chi connectivity index (χ1n) is 8.68. The molecule has 0 saturated carbocycles. The number of nitrogens with one attached hydrogen (secondary N) is 1. The Morgan fingerprint density at radius 3 is 2.54 bits per heavy atom. The van der Waals surface area contributed by atoms with Gasteiger partial charge in [-0.05, 0) is 48.4 Å². The van der Waals surface area contributed by atoms with E-state index in [0.29, 0.717) is 29.7 Å². The standard InChI is InChI=1S/C21H22ClNO5/c1-3-27-18-10-6-15(12-19(18)26-2)7-11-21(25)28-14-20(24)23-13-16-4-8-17(22)9-5-16/h4-12H,3,13-14H2,1-2H3,(H,23,24)/b11-7+. The number of hydrogen-bond acceptors (Lipinski definition) is 5. The first-order valence-corrected chi connectivity index (χ1v) is 9.06. The van der Waals surface area contributed by atoms with E-state index in [9.17, 15) is 9.59 Å². The minimum atomic E-state index is -0.616. The molecule has 7 heteroatoms. The summed E-state index contributed by atoms with van der Waals surface area (Å²) in [5.74, 6) is 0.190. The van der Waals surface area contributed by atoms with Gasteiger partial charge < -0.3 is 19.5 Å². The molecule has 0 fully saturated rings. The predicted octanol–water partition coefficient (Wildman–Crippen LogP) is 3.62. The van der Waals surface area contributed by atoms with Gasteiger partial charge in [-0.2, -0.15) is 0 Å². The normalized spacial score (nSPS) is 10.5. The predicted molar refractivity (Wildman–Crippen MR) is 107 cm³/mol. The number of carbonyl (C=O) groups is 2. The molecule has 1 amide bonds. The molecule has 0 unspecified atom stereocenters. The summed E-state index contributed by atoms with van der Waals surface area (Å²) in [6, 6.07) is 12.4. The van der Waals surface area contributed by atoms with Gasteiger partial charge in [-0.1, -0.05) is 29.8 Å². The van der Waals surface area contributed by atoms with Crippen molar-refractivity contribution in [1.82, 2.24) is 5.32 Å². The average Bonchev–Trinajstić information content (AvgIpc) is 2.71. The first kappa shape index (κ1) is 21.3. The van der Waals surface area contributed by atoms with Gasteiger partial charge in [0.25, 0.3) is 5.91 Å². The van der Waals surface area contributed by atoms with Crippen molar-refractivity contribution in [3.8, 4) is 11.5 Å². The molecule has 6 nitrogen and oxygen atoms in total. The molecule has 28 heavy (non-hydrogen) atoms. The van der Waals surface area contributed by atoms with Crippen LogP contribution in [0.5, 0.6) is 11.5 Å². The van der Waals surface area contributed by atoms with E-state index in [1.54, 1.807) is 43.5 Å². The fourth-order valence-electron chi connectivity index (χ4n) is 2.27. The van der Waals surface area contributed by atoms with E-state index in [2.05, 4.69) is 5.32 Å². The monoisotopic (exact) mass is 403 g/mol. The molecule has 0 aromatic heterocycles. The Kier molecular flexibility index (Phi) is 8.37. The second-order valence-electron chi connectivity index (χ2n) is 5.69. The summed E-state index contributed by atoms with van der Waals surface area (Å²) in [4.78, 5) is 23.6. The number of benzene rings is 2. The Hall–Kier alpha value is -2.99. The van der Waals surface area contributed by atoms with Crippen LogP contribution in [0, 0.1) is 0 Å². The molecule has 0 aliphatic carbocycles. The van der Waals surface area contributed by atoms with Crippen molar-refractivity contribution >= 4 is 29.6 Å². The number of rotatable bonds is 9. The highest BCUT2D eigenvalue weighted by Gasteiger charge is 2.06. The maximum atomic E-state index is 11.8. The molecule has 2 rings (SSSR count). The molecule has 2 aromatic carbocycles. The Bertz CT molecular complexity index is 833. The number of methoxy groups -OCH3 is 1. The van der Waals surface area contributed by atoms with Crippen LogP contribution < -0.4 is 14.8 Å². The highest BCUT2D eigenvalue weighted by molar-refractivity contribution is 6.30. The van der Waals surface area contributed by atoms with Crippen molar-refractivity contribution in [1.29, 1.82) is 0 Å². The molecule has 0 radical (unpaired) electrons. The molecular weight excluding hydrogens is 382 g/mol. The van der Waals surface area contributed by atoms with Crippen LogP contribution in [0.1, 0.15) is 18.1 Å². The minimum absolute atomic E-state index is 0.329. The van der Waals surface area contributed by atoms with Crippen molar-refractivity contribution in [3.05, 3.63) is 64.7 Å². The second kappa shape index (κ2) is 11.0. The summed E-state index contributed by atoms with van der Waals surface area (Å²) in [7, 11) is 1.54. The van der Waals surface area contributed by atoms with Crippen LogP contribution in [0.15, 0.2) is 48.5 Å². The highest BCUT2D eigenvalue weighted by atomic mass is 35.5. The van der Waals surface area contributed by atoms with Gasteiger partial charge in [-0.15, -0.1) is 0 Å². The third-order valence-corrected chi connectivity index (χ3v) is 3.90. The largest absolute Gasteiger partial charge is 0.493 e. The Morgan fingerprint density at radius 1 is 1.11 bits per heavy atom. The van der Waals surface area contributed by atoms with Gasteiger partial charge in [-0.3, -0.25) is 4.79 Å². The van der Waals surface area contributed by atoms with E-state index in [1.165, 1.54) is 6.08 Å². The van der Waals surface area contributed by atoms with Gasteiger partial charge in [0.15, 0.2) is 18.1 Å². The molecule has 0 aliphatic rings. The lowest BCUT2D eigenvalue weighted by atomic mass is 10.2. The van der Waals surface area contributed by atoms with E-state index in [0.717, 1.165) is 11.1 Å². The van der Waals surface area contributed by atoms with E-state index in [-0.39, 0.29) is 12.5 Å². The zero-order chi connectivity index (χ0) is 20.4. The quantitative estimate of drug-likeness (QED) is 0.511. The van der Waals surface area contributed by atoms with Gasteiger partial charge in [0.1, 0.15) is 0 Å². The van der Waals surface area contributed by atoms with Crippen molar-refractivity contribution in [2.45, 2.75) is 13.5 Å². The molecule has 0 spiro atoms. The maximum Gasteiger partial charge on any atom is 0.331 e. The molecule has 0 atom stereocenters. The van der Waals surface area contributed by atoms with Crippen molar-refractivity contribution in [2.75, 3.05) is 20.3 Å². The van der Waals surface area contributed by atoms with Crippen LogP contribution >= 0.6 is 11.6 Å². The zero-order valence-corrected chi connectivity index (χ0v) is 16.5. The van der Waals surface area contributed by atoms with Gasteiger partial charge >= 0.3 is 5.97 Å². The Morgan fingerprint density at radius 2 is 1.86 bits per heavy atom. The molecule has 2 aromatic rings. The summed E-state index contributed by atoms with van der Waals surface area (Å²) in [6.45, 7) is 2.38. The summed E-state index contributed by atoms with van der Waals surface area (Å²) < 4.78 is 15.6. The van der Waals surface area contributed by atoms with Crippen LogP contribution in [0.4, 0.5) is 0 Å². The number of ether oxygens (including phenoxy) is 3. The summed E-state index contributed by atoms with van der Waals surface area (Å²) >= 11 is 5.81. The van der Waals surface area contributed by atoms with E-state index >= 15 is 0 Å². The molecule has 148 valence electrons. The number of amides is 1. The van der Waals surface area contributed by atoms with Gasteiger partial charge in [-0.25, -0.2) is 4.79 Å². The summed E-state index contributed by atoms with van der Waals surface area (Å²) in [6.07, 6.45) is 2.83. The van der Waals surface area contributed by atoms with Crippen LogP contribution in [-0.2, 0) is 20.9 Å². The molecule has 0 heterocycles. The van der Waals surface area contributed by atoms with Gasteiger partial charge in [0, 0.05) is 17.6 Å². The lowest BCUT2D eigenvalue weighted by molar-refractivity contribution is -0.143. The highest BCUT2D eigenvalue weighted by Crippen LogP contribution is 2.28. The fourth-order valence-corrected chi connectivity index (χ4v) is 2.39. The van der Waals surface area contributed by atoms with Gasteiger partial charge in [0.2, 0.25) is 0 Å². The third-order valence-electron chi connectivity index (χ3n) is 3.65. The summed E-state index contributed by atoms with van der Waals surface area (Å²) in [5, 5.41) is 3.29. The topological polar surface area (TPSA) is 73.9 Å². The van der Waals surface area contributed by atoms with Crippen LogP contribution in [0.2, 0.25) is 5.02 Å². The average molecular weight is 404 g/mol. The maximum absolute atomic E-state index is 11.8. The summed E-state index contributed by atoms with van der Waals surface area (Å²) in [5.41, 5.74) is 1.64. The molecular formula is C21H22ClNO5. The lowest BCUT2D eigenvalue weighted by Crippen LogP contribution is -2.28. The minimum Gasteiger partial charge on any atom is -0.493 e. The smallest absolute Gasteiger partial charge is 0.331 e. The SMILES string of the molecule is CCOc1ccc(/C=C/C(=O)OCC(=O)NCc2ccc(Cl)cc2)cc1OC. The number of hydrogen-bond donors (Lipinski definition) is 1. The van der Waals surface area contributed by atoms with Crippen molar-refractivity contribution in [2.24, 2.45) is 0 Å². The van der Waals surface area contributed by atoms with Crippen LogP contribution in [0.25, 0.3) is 6.08 Å². The van der Waals surface area contributed by atoms with E-state index in [1.807, 2.05) is 19.1 Å². The van der Waals surface area contributed by atoms with Gasteiger partial charge in [0.05, 0.1) is 13.7 Å². The molecule has 0 aliphatic heterocycles. The second-order valence-corrected chi connectivity index (χ2v) is 6.12. The first-order chi connectivity index (χ1) is 13.5. The van der Waals surface area contributed by atoms with Crippen molar-refractivity contribution < 1.29 is 23.8 Å².